The zero-order valence-electron chi connectivity index (χ0n) is 17.4. The molecule has 0 aromatic heterocycles. The van der Waals surface area contributed by atoms with Crippen LogP contribution in [0.4, 0.5) is 0 Å². The van der Waals surface area contributed by atoms with Gasteiger partial charge in [-0.2, -0.15) is 12.6 Å². The standard InChI is InChI=1S/C17H31N7O7S/c18-4-2-1-3-9(15(28)23-10(17(30)31)6-13(21)26)22-16(29)11(7-32)24-14(27)8(19)5-12(20)25/h8-11,32H,1-7,18-19H2,(H2,20,25)(H2,21,26)(H,22,29)(H,23,28)(H,24,27)(H,30,31). The van der Waals surface area contributed by atoms with Gasteiger partial charge in [-0.25, -0.2) is 4.79 Å². The van der Waals surface area contributed by atoms with Gasteiger partial charge < -0.3 is 44.0 Å². The number of carbonyl (C=O) groups is 6. The first kappa shape index (κ1) is 29.1. The van der Waals surface area contributed by atoms with Gasteiger partial charge in [0.05, 0.1) is 18.9 Å². The molecule has 0 aromatic rings. The summed E-state index contributed by atoms with van der Waals surface area (Å²) >= 11 is 3.99. The predicted octanol–water partition coefficient (Wildman–Crippen LogP) is -4.34. The lowest BCUT2D eigenvalue weighted by molar-refractivity contribution is -0.143. The van der Waals surface area contributed by atoms with Crippen molar-refractivity contribution in [3.8, 4) is 0 Å². The summed E-state index contributed by atoms with van der Waals surface area (Å²) in [4.78, 5) is 70.4. The van der Waals surface area contributed by atoms with E-state index >= 15 is 0 Å². The highest BCUT2D eigenvalue weighted by atomic mass is 32.1. The van der Waals surface area contributed by atoms with Crippen molar-refractivity contribution in [1.82, 2.24) is 16.0 Å². The summed E-state index contributed by atoms with van der Waals surface area (Å²) in [6.45, 7) is 0.328. The SMILES string of the molecule is NCCCCC(NC(=O)C(CS)NC(=O)C(N)CC(N)=O)C(=O)NC(CC(N)=O)C(=O)O. The van der Waals surface area contributed by atoms with Gasteiger partial charge in [-0.3, -0.25) is 24.0 Å². The molecule has 0 saturated carbocycles. The van der Waals surface area contributed by atoms with Crippen LogP contribution < -0.4 is 38.9 Å². The number of amides is 5. The van der Waals surface area contributed by atoms with Crippen molar-refractivity contribution in [2.24, 2.45) is 22.9 Å². The van der Waals surface area contributed by atoms with Gasteiger partial charge in [0.25, 0.3) is 0 Å². The molecule has 5 amide bonds. The van der Waals surface area contributed by atoms with Gasteiger partial charge in [0.1, 0.15) is 18.1 Å². The van der Waals surface area contributed by atoms with E-state index in [4.69, 9.17) is 28.0 Å². The van der Waals surface area contributed by atoms with E-state index < -0.39 is 72.5 Å². The van der Waals surface area contributed by atoms with Crippen molar-refractivity contribution in [3.63, 3.8) is 0 Å². The first-order valence-electron chi connectivity index (χ1n) is 9.69. The quantitative estimate of drug-likeness (QED) is 0.0767. The lowest BCUT2D eigenvalue weighted by Crippen LogP contribution is -2.58. The Morgan fingerprint density at radius 2 is 1.28 bits per heavy atom. The maximum Gasteiger partial charge on any atom is 0.326 e. The molecular weight excluding hydrogens is 446 g/mol. The van der Waals surface area contributed by atoms with Gasteiger partial charge in [-0.1, -0.05) is 0 Å². The monoisotopic (exact) mass is 477 g/mol. The van der Waals surface area contributed by atoms with E-state index in [1.54, 1.807) is 0 Å². The third kappa shape index (κ3) is 11.5. The predicted molar refractivity (Wildman–Crippen MR) is 116 cm³/mol. The number of nitrogens with two attached hydrogens (primary N) is 4. The molecular formula is C17H31N7O7S. The smallest absolute Gasteiger partial charge is 0.326 e. The molecule has 0 saturated heterocycles. The van der Waals surface area contributed by atoms with E-state index in [2.05, 4.69) is 28.6 Å². The van der Waals surface area contributed by atoms with Crippen LogP contribution in [0, 0.1) is 0 Å². The zero-order valence-corrected chi connectivity index (χ0v) is 18.3. The molecule has 0 heterocycles. The fourth-order valence-corrected chi connectivity index (χ4v) is 2.75. The average molecular weight is 478 g/mol. The Morgan fingerprint density at radius 3 is 1.75 bits per heavy atom. The van der Waals surface area contributed by atoms with E-state index in [-0.39, 0.29) is 12.2 Å². The second-order valence-corrected chi connectivity index (χ2v) is 7.30. The maximum atomic E-state index is 12.6. The van der Waals surface area contributed by atoms with Crippen LogP contribution in [0.5, 0.6) is 0 Å². The van der Waals surface area contributed by atoms with Crippen LogP contribution in [0.1, 0.15) is 32.1 Å². The molecule has 12 N–H and O–H groups in total. The van der Waals surface area contributed by atoms with Crippen molar-refractivity contribution >= 4 is 48.1 Å². The molecule has 0 bridgehead atoms. The number of hydrogen-bond acceptors (Lipinski definition) is 9. The van der Waals surface area contributed by atoms with Gasteiger partial charge in [0, 0.05) is 5.75 Å². The van der Waals surface area contributed by atoms with Crippen LogP contribution in [0.25, 0.3) is 0 Å². The zero-order chi connectivity index (χ0) is 24.8. The third-order valence-corrected chi connectivity index (χ3v) is 4.54. The number of carboxylic acids is 1. The molecule has 182 valence electrons. The van der Waals surface area contributed by atoms with Crippen LogP contribution in [0.2, 0.25) is 0 Å². The van der Waals surface area contributed by atoms with Crippen LogP contribution in [0.3, 0.4) is 0 Å². The molecule has 0 aliphatic heterocycles. The average Bonchev–Trinajstić information content (AvgIpc) is 2.69. The minimum absolute atomic E-state index is 0.103. The van der Waals surface area contributed by atoms with Gasteiger partial charge in [0.2, 0.25) is 29.5 Å². The number of aliphatic carboxylic acids is 1. The maximum absolute atomic E-state index is 12.6. The third-order valence-electron chi connectivity index (χ3n) is 4.17. The van der Waals surface area contributed by atoms with Crippen molar-refractivity contribution in [1.29, 1.82) is 0 Å². The highest BCUT2D eigenvalue weighted by molar-refractivity contribution is 7.80. The fraction of sp³-hybridized carbons (Fsp3) is 0.647. The number of nitrogens with one attached hydrogen (secondary N) is 3. The molecule has 0 aliphatic carbocycles. The highest BCUT2D eigenvalue weighted by Gasteiger charge is 2.30. The minimum atomic E-state index is -1.58. The molecule has 0 aliphatic rings. The lowest BCUT2D eigenvalue weighted by atomic mass is 10.1. The summed E-state index contributed by atoms with van der Waals surface area (Å²) in [5.41, 5.74) is 21.0. The number of carbonyl (C=O) groups excluding carboxylic acids is 5. The van der Waals surface area contributed by atoms with Crippen LogP contribution >= 0.6 is 12.6 Å². The number of unbranched alkanes of at least 4 members (excludes halogenated alkanes) is 1. The highest BCUT2D eigenvalue weighted by Crippen LogP contribution is 2.04. The number of rotatable bonds is 16. The molecule has 0 spiro atoms. The van der Waals surface area contributed by atoms with Crippen molar-refractivity contribution in [2.45, 2.75) is 56.3 Å². The molecule has 15 heteroatoms. The molecule has 32 heavy (non-hydrogen) atoms. The Hall–Kier alpha value is -2.91. The van der Waals surface area contributed by atoms with E-state index in [0.717, 1.165) is 0 Å². The second-order valence-electron chi connectivity index (χ2n) is 6.94. The van der Waals surface area contributed by atoms with Gasteiger partial charge in [0.15, 0.2) is 0 Å². The summed E-state index contributed by atoms with van der Waals surface area (Å²) in [6.07, 6.45) is -0.0289. The van der Waals surface area contributed by atoms with Gasteiger partial charge >= 0.3 is 5.97 Å². The second kappa shape index (κ2) is 15.0. The van der Waals surface area contributed by atoms with Crippen molar-refractivity contribution in [3.05, 3.63) is 0 Å². The van der Waals surface area contributed by atoms with Crippen molar-refractivity contribution < 1.29 is 33.9 Å². The first-order valence-corrected chi connectivity index (χ1v) is 10.3. The summed E-state index contributed by atoms with van der Waals surface area (Å²) in [6, 6.07) is -5.27. The minimum Gasteiger partial charge on any atom is -0.480 e. The van der Waals surface area contributed by atoms with Gasteiger partial charge in [-0.15, -0.1) is 0 Å². The van der Waals surface area contributed by atoms with Crippen molar-refractivity contribution in [2.75, 3.05) is 12.3 Å². The lowest BCUT2D eigenvalue weighted by Gasteiger charge is -2.24. The molecule has 14 nitrogen and oxygen atoms in total. The number of primary amides is 2. The Balaban J connectivity index is 5.30. The summed E-state index contributed by atoms with van der Waals surface area (Å²) in [7, 11) is 0. The van der Waals surface area contributed by atoms with Gasteiger partial charge in [-0.05, 0) is 25.8 Å². The summed E-state index contributed by atoms with van der Waals surface area (Å²) in [5, 5.41) is 16.0. The van der Waals surface area contributed by atoms with Crippen LogP contribution in [0.15, 0.2) is 0 Å². The Bertz CT molecular complexity index is 707. The normalized spacial score (nSPS) is 14.3. The van der Waals surface area contributed by atoms with Crippen LogP contribution in [-0.4, -0.2) is 77.1 Å². The molecule has 0 aromatic carbocycles. The number of hydrogen-bond donors (Lipinski definition) is 9. The summed E-state index contributed by atoms with van der Waals surface area (Å²) in [5.74, 6) is -5.88. The van der Waals surface area contributed by atoms with E-state index in [9.17, 15) is 28.8 Å². The number of carboxylic acid groups (broad SMARTS) is 1. The Morgan fingerprint density at radius 1 is 0.781 bits per heavy atom. The fourth-order valence-electron chi connectivity index (χ4n) is 2.49. The molecule has 0 fully saturated rings. The number of thiol groups is 1. The Labute approximate surface area is 190 Å². The molecule has 4 unspecified atom stereocenters. The van der Waals surface area contributed by atoms with E-state index in [1.807, 2.05) is 0 Å². The van der Waals surface area contributed by atoms with E-state index in [1.165, 1.54) is 0 Å². The molecule has 0 radical (unpaired) electrons. The van der Waals surface area contributed by atoms with Crippen LogP contribution in [-0.2, 0) is 28.8 Å². The topological polar surface area (TPSA) is 263 Å². The van der Waals surface area contributed by atoms with E-state index in [0.29, 0.717) is 19.4 Å². The summed E-state index contributed by atoms with van der Waals surface area (Å²) < 4.78 is 0. The first-order chi connectivity index (χ1) is 14.9. The Kier molecular flexibility index (Phi) is 13.6. The molecule has 0 rings (SSSR count). The molecule has 4 atom stereocenters. The largest absolute Gasteiger partial charge is 0.480 e.